The predicted molar refractivity (Wildman–Crippen MR) is 211 cm³/mol. The molecule has 52 heavy (non-hydrogen) atoms. The third-order valence-corrected chi connectivity index (χ3v) is 11.3. The van der Waals surface area contributed by atoms with E-state index in [4.69, 9.17) is 0 Å². The highest BCUT2D eigenvalue weighted by atomic mass is 15.2. The lowest BCUT2D eigenvalue weighted by Gasteiger charge is -2.31. The quantitative estimate of drug-likeness (QED) is 0.150. The number of aromatic nitrogens is 4. The van der Waals surface area contributed by atoms with Gasteiger partial charge < -0.3 is 4.57 Å². The standard InChI is InChI=1S/C48H45N4/c1-33(2)32-51-44-24-11-10-21-37(44)39-30-41(40(31-46(39)51)42-23-12-15-27-49(42)5)48(4,52-29-17-14-26-45(52)35-19-7-6-18-34(35)3)47-38-22-9-8-20-36(38)43-25-13-16-28-50(43)47/h6-31,33,47H,32H2,1-5H3/q+3. The average molecular weight is 678 g/mol. The normalized spacial score (nSPS) is 14.8. The Hall–Kier alpha value is -5.87. The maximum Gasteiger partial charge on any atom is 0.257 e. The maximum absolute atomic E-state index is 2.58. The third-order valence-electron chi connectivity index (χ3n) is 11.3. The molecule has 8 aromatic rings. The zero-order valence-corrected chi connectivity index (χ0v) is 30.7. The molecule has 5 heterocycles. The molecule has 0 saturated heterocycles. The van der Waals surface area contributed by atoms with E-state index in [1.165, 1.54) is 72.3 Å². The van der Waals surface area contributed by atoms with E-state index in [-0.39, 0.29) is 6.04 Å². The Labute approximate surface area is 306 Å². The number of hydrogen-bond acceptors (Lipinski definition) is 0. The molecule has 0 bridgehead atoms. The van der Waals surface area contributed by atoms with Gasteiger partial charge in [0.25, 0.3) is 11.6 Å². The molecular weight excluding hydrogens is 633 g/mol. The maximum atomic E-state index is 2.58. The first-order chi connectivity index (χ1) is 25.4. The predicted octanol–water partition coefficient (Wildman–Crippen LogP) is 9.53. The van der Waals surface area contributed by atoms with Crippen molar-refractivity contribution < 1.29 is 13.7 Å². The molecule has 1 aliphatic heterocycles. The molecule has 254 valence electrons. The zero-order valence-electron chi connectivity index (χ0n) is 30.7. The van der Waals surface area contributed by atoms with Crippen LogP contribution in [0.2, 0.25) is 0 Å². The van der Waals surface area contributed by atoms with Crippen LogP contribution in [0, 0.1) is 12.8 Å². The molecule has 0 fully saturated rings. The number of nitrogens with zero attached hydrogens (tertiary/aromatic N) is 4. The van der Waals surface area contributed by atoms with Gasteiger partial charge in [0.05, 0.1) is 11.1 Å². The Morgan fingerprint density at radius 2 is 1.27 bits per heavy atom. The molecule has 0 aliphatic carbocycles. The van der Waals surface area contributed by atoms with E-state index >= 15 is 0 Å². The summed E-state index contributed by atoms with van der Waals surface area (Å²) in [6.07, 6.45) is 6.77. The van der Waals surface area contributed by atoms with Crippen LogP contribution in [0.25, 0.3) is 55.6 Å². The fourth-order valence-electron chi connectivity index (χ4n) is 9.03. The van der Waals surface area contributed by atoms with Crippen molar-refractivity contribution in [1.82, 2.24) is 4.57 Å². The number of fused-ring (bicyclic) bond motifs is 6. The topological polar surface area (TPSA) is 16.6 Å². The van der Waals surface area contributed by atoms with Crippen molar-refractivity contribution in [3.63, 3.8) is 0 Å². The van der Waals surface area contributed by atoms with Crippen LogP contribution in [0.1, 0.15) is 43.5 Å². The summed E-state index contributed by atoms with van der Waals surface area (Å²) < 4.78 is 9.93. The summed E-state index contributed by atoms with van der Waals surface area (Å²) >= 11 is 0. The summed E-state index contributed by atoms with van der Waals surface area (Å²) in [5.74, 6) is 0.500. The van der Waals surface area contributed by atoms with Crippen molar-refractivity contribution in [2.45, 2.75) is 45.8 Å². The summed E-state index contributed by atoms with van der Waals surface area (Å²) in [5, 5.41) is 2.58. The van der Waals surface area contributed by atoms with Gasteiger partial charge in [0.15, 0.2) is 18.6 Å². The van der Waals surface area contributed by atoms with Crippen LogP contribution >= 0.6 is 0 Å². The zero-order chi connectivity index (χ0) is 35.6. The van der Waals surface area contributed by atoms with E-state index in [0.717, 1.165) is 6.54 Å². The molecule has 2 atom stereocenters. The molecule has 0 N–H and O–H groups in total. The van der Waals surface area contributed by atoms with Crippen LogP contribution in [0.4, 0.5) is 0 Å². The van der Waals surface area contributed by atoms with Gasteiger partial charge >= 0.3 is 0 Å². The molecule has 4 nitrogen and oxygen atoms in total. The molecule has 4 aromatic heterocycles. The van der Waals surface area contributed by atoms with Gasteiger partial charge in [0.2, 0.25) is 17.1 Å². The van der Waals surface area contributed by atoms with Crippen molar-refractivity contribution in [2.75, 3.05) is 0 Å². The summed E-state index contributed by atoms with van der Waals surface area (Å²) in [7, 11) is 2.17. The first kappa shape index (κ1) is 32.1. The number of benzene rings is 4. The number of rotatable bonds is 7. The van der Waals surface area contributed by atoms with E-state index in [1.807, 2.05) is 0 Å². The van der Waals surface area contributed by atoms with Gasteiger partial charge in [0, 0.05) is 88.4 Å². The van der Waals surface area contributed by atoms with E-state index in [1.54, 1.807) is 0 Å². The van der Waals surface area contributed by atoms with E-state index in [0.29, 0.717) is 5.92 Å². The minimum Gasteiger partial charge on any atom is -0.340 e. The molecule has 0 spiro atoms. The van der Waals surface area contributed by atoms with E-state index < -0.39 is 5.54 Å². The van der Waals surface area contributed by atoms with Gasteiger partial charge in [0.1, 0.15) is 7.05 Å². The highest BCUT2D eigenvalue weighted by molar-refractivity contribution is 6.09. The van der Waals surface area contributed by atoms with Gasteiger partial charge in [-0.1, -0.05) is 68.4 Å². The molecule has 0 amide bonds. The van der Waals surface area contributed by atoms with Crippen molar-refractivity contribution in [3.05, 3.63) is 175 Å². The summed E-state index contributed by atoms with van der Waals surface area (Å²) in [6.45, 7) is 10.3. The summed E-state index contributed by atoms with van der Waals surface area (Å²) in [4.78, 5) is 0. The minimum atomic E-state index is -0.611. The molecule has 0 saturated carbocycles. The second-order valence-electron chi connectivity index (χ2n) is 15.0. The van der Waals surface area contributed by atoms with Crippen LogP contribution in [0.3, 0.4) is 0 Å². The lowest BCUT2D eigenvalue weighted by molar-refractivity contribution is -0.820. The molecule has 2 unspecified atom stereocenters. The largest absolute Gasteiger partial charge is 0.340 e. The molecule has 9 rings (SSSR count). The first-order valence-electron chi connectivity index (χ1n) is 18.5. The van der Waals surface area contributed by atoms with Crippen LogP contribution < -0.4 is 13.7 Å². The fraction of sp³-hybridized carbons (Fsp3) is 0.188. The van der Waals surface area contributed by atoms with Crippen molar-refractivity contribution in [3.8, 4) is 33.8 Å². The number of hydrogen-bond donors (Lipinski definition) is 0. The van der Waals surface area contributed by atoms with Crippen molar-refractivity contribution in [2.24, 2.45) is 13.0 Å². The first-order valence-corrected chi connectivity index (χ1v) is 18.5. The third kappa shape index (κ3) is 4.85. The molecule has 4 aromatic carbocycles. The van der Waals surface area contributed by atoms with Crippen molar-refractivity contribution >= 4 is 21.8 Å². The second-order valence-corrected chi connectivity index (χ2v) is 15.0. The van der Waals surface area contributed by atoms with Crippen LogP contribution in [0.5, 0.6) is 0 Å². The van der Waals surface area contributed by atoms with Crippen molar-refractivity contribution in [1.29, 1.82) is 0 Å². The lowest BCUT2D eigenvalue weighted by atomic mass is 9.76. The number of aryl methyl sites for hydroxylation is 2. The van der Waals surface area contributed by atoms with Gasteiger partial charge in [-0.2, -0.15) is 9.13 Å². The molecule has 1 aliphatic rings. The molecule has 4 heteroatoms. The van der Waals surface area contributed by atoms with Gasteiger partial charge in [-0.3, -0.25) is 0 Å². The summed E-state index contributed by atoms with van der Waals surface area (Å²) in [5.41, 5.74) is 13.2. The molecule has 0 radical (unpaired) electrons. The average Bonchev–Trinajstić information content (AvgIpc) is 3.67. The smallest absolute Gasteiger partial charge is 0.257 e. The second kappa shape index (κ2) is 12.4. The van der Waals surface area contributed by atoms with Gasteiger partial charge in [-0.15, -0.1) is 0 Å². The van der Waals surface area contributed by atoms with Gasteiger partial charge in [-0.05, 0) is 66.9 Å². The lowest BCUT2D eigenvalue weighted by Crippen LogP contribution is -2.65. The Kier molecular flexibility index (Phi) is 7.66. The van der Waals surface area contributed by atoms with Crippen LogP contribution in [-0.4, -0.2) is 4.57 Å². The molecular formula is C48H45N4+3. The number of pyridine rings is 3. The Morgan fingerprint density at radius 3 is 2.06 bits per heavy atom. The van der Waals surface area contributed by atoms with Crippen LogP contribution in [0.15, 0.2) is 158 Å². The highest BCUT2D eigenvalue weighted by Crippen LogP contribution is 2.48. The van der Waals surface area contributed by atoms with E-state index in [9.17, 15) is 0 Å². The minimum absolute atomic E-state index is 0.0516. The Balaban J connectivity index is 1.48. The summed E-state index contributed by atoms with van der Waals surface area (Å²) in [6, 6.07) is 51.7. The van der Waals surface area contributed by atoms with Gasteiger partial charge in [-0.25, -0.2) is 4.57 Å². The Bertz CT molecular complexity index is 2600. The monoisotopic (exact) mass is 677 g/mol. The Morgan fingerprint density at radius 1 is 0.615 bits per heavy atom. The highest BCUT2D eigenvalue weighted by Gasteiger charge is 2.58. The number of para-hydroxylation sites is 1. The van der Waals surface area contributed by atoms with E-state index in [2.05, 4.69) is 211 Å². The SMILES string of the molecule is Cc1ccccc1-c1cccc[n+]1C(C)(c1cc2c3ccccc3n(CC(C)C)c2cc1-c1cccc[n+]1C)C1c2ccccc2-c2cccc[n+]21. The fourth-order valence-corrected chi connectivity index (χ4v) is 9.03. The van der Waals surface area contributed by atoms with Crippen LogP contribution in [-0.2, 0) is 19.1 Å².